The quantitative estimate of drug-likeness (QED) is 0.492. The van der Waals surface area contributed by atoms with Gasteiger partial charge < -0.3 is 5.32 Å². The van der Waals surface area contributed by atoms with Crippen LogP contribution in [0.5, 0.6) is 0 Å². The van der Waals surface area contributed by atoms with Crippen LogP contribution in [0, 0.1) is 5.92 Å². The van der Waals surface area contributed by atoms with Crippen LogP contribution in [0.25, 0.3) is 22.3 Å². The number of carbonyl (C=O) groups excluding carboxylic acids is 1. The number of hydrogen-bond acceptors (Lipinski definition) is 4. The minimum atomic E-state index is -0.167. The third-order valence-electron chi connectivity index (χ3n) is 6.41. The van der Waals surface area contributed by atoms with Crippen molar-refractivity contribution in [3.05, 3.63) is 75.0 Å². The number of imidazole rings is 1. The first-order chi connectivity index (χ1) is 15.5. The molecule has 7 nitrogen and oxygen atoms in total. The fourth-order valence-electron chi connectivity index (χ4n) is 4.63. The molecular formula is C24H26N5O2S+. The lowest BCUT2D eigenvalue weighted by molar-refractivity contribution is -0.346. The van der Waals surface area contributed by atoms with Crippen molar-refractivity contribution in [1.29, 1.82) is 0 Å². The van der Waals surface area contributed by atoms with Gasteiger partial charge in [0, 0.05) is 35.6 Å². The van der Waals surface area contributed by atoms with E-state index in [0.717, 1.165) is 29.6 Å². The third-order valence-corrected chi connectivity index (χ3v) is 7.35. The molecule has 164 valence electrons. The first kappa shape index (κ1) is 20.7. The van der Waals surface area contributed by atoms with Crippen LogP contribution in [0.4, 0.5) is 0 Å². The Morgan fingerprint density at radius 3 is 2.91 bits per heavy atom. The van der Waals surface area contributed by atoms with Crippen LogP contribution in [0.2, 0.25) is 0 Å². The third kappa shape index (κ3) is 3.76. The molecule has 1 aromatic carbocycles. The largest absolute Gasteiger partial charge is 0.413 e. The second-order valence-corrected chi connectivity index (χ2v) is 9.40. The smallest absolute Gasteiger partial charge is 0.352 e. The van der Waals surface area contributed by atoms with Crippen LogP contribution < -0.4 is 16.0 Å². The Hall–Kier alpha value is -3.23. The van der Waals surface area contributed by atoms with Gasteiger partial charge in [-0.2, -0.15) is 4.98 Å². The monoisotopic (exact) mass is 448 g/mol. The molecule has 0 aliphatic carbocycles. The molecule has 1 aliphatic rings. The molecule has 8 heteroatoms. The van der Waals surface area contributed by atoms with Crippen LogP contribution in [-0.2, 0) is 7.05 Å². The maximum atomic E-state index is 12.9. The van der Waals surface area contributed by atoms with Crippen LogP contribution in [-0.4, -0.2) is 40.5 Å². The second kappa shape index (κ2) is 8.37. The van der Waals surface area contributed by atoms with E-state index in [-0.39, 0.29) is 11.6 Å². The van der Waals surface area contributed by atoms with Crippen LogP contribution in [0.1, 0.15) is 27.7 Å². The van der Waals surface area contributed by atoms with E-state index in [1.54, 1.807) is 23.0 Å². The van der Waals surface area contributed by atoms with Crippen molar-refractivity contribution in [3.63, 3.8) is 0 Å². The van der Waals surface area contributed by atoms with E-state index in [1.165, 1.54) is 4.88 Å². The molecule has 5 rings (SSSR count). The van der Waals surface area contributed by atoms with Crippen molar-refractivity contribution in [2.75, 3.05) is 20.1 Å². The molecule has 3 aromatic heterocycles. The molecule has 4 heterocycles. The van der Waals surface area contributed by atoms with Gasteiger partial charge in [-0.3, -0.25) is 14.3 Å². The molecule has 1 aliphatic heterocycles. The molecule has 2 atom stereocenters. The summed E-state index contributed by atoms with van der Waals surface area (Å²) in [6.07, 6.45) is 2.92. The maximum Gasteiger partial charge on any atom is 0.413 e. The Bertz CT molecular complexity index is 1320. The Morgan fingerprint density at radius 1 is 1.22 bits per heavy atom. The molecule has 1 fully saturated rings. The van der Waals surface area contributed by atoms with Crippen molar-refractivity contribution in [2.24, 2.45) is 13.0 Å². The number of amides is 1. The van der Waals surface area contributed by atoms with Gasteiger partial charge in [-0.05, 0) is 61.1 Å². The highest BCUT2D eigenvalue weighted by molar-refractivity contribution is 7.10. The molecule has 0 saturated carbocycles. The Kier molecular flexibility index (Phi) is 5.40. The number of aromatic nitrogens is 3. The minimum Gasteiger partial charge on any atom is -0.352 e. The number of H-pyrrole nitrogens is 2. The van der Waals surface area contributed by atoms with E-state index in [0.29, 0.717) is 29.7 Å². The standard InChI is InChI=1S/C24H25N5O2S/c1-28-9-8-17(21(28)20-7-4-10-32-20)13-26-23(30)16-6-3-5-15(11-16)18-12-19-22(25-14-18)27-24(31)29(19)2/h3-7,10-12,14,17,21H,8-9,13H2,1-2H3,(H,26,30)(H,25,27,31)/p+1/t17-,21-/m0/s1. The summed E-state index contributed by atoms with van der Waals surface area (Å²) >= 11 is 1.78. The minimum absolute atomic E-state index is 0.0644. The van der Waals surface area contributed by atoms with Gasteiger partial charge in [0.2, 0.25) is 0 Å². The summed E-state index contributed by atoms with van der Waals surface area (Å²) in [5, 5.41) is 5.27. The van der Waals surface area contributed by atoms with Crippen molar-refractivity contribution in [2.45, 2.75) is 12.5 Å². The van der Waals surface area contributed by atoms with Gasteiger partial charge in [-0.25, -0.2) is 9.78 Å². The summed E-state index contributed by atoms with van der Waals surface area (Å²) in [5.74, 6) is 0.336. The van der Waals surface area contributed by atoms with Gasteiger partial charge in [-0.1, -0.05) is 18.2 Å². The predicted octanol–water partition coefficient (Wildman–Crippen LogP) is 2.83. The number of carbonyl (C=O) groups is 1. The maximum absolute atomic E-state index is 12.9. The average molecular weight is 449 g/mol. The van der Waals surface area contributed by atoms with Crippen molar-refractivity contribution in [1.82, 2.24) is 19.8 Å². The molecule has 4 aromatic rings. The molecule has 32 heavy (non-hydrogen) atoms. The summed E-state index contributed by atoms with van der Waals surface area (Å²) in [5.41, 5.74) is 3.76. The molecule has 0 bridgehead atoms. The molecule has 3 N–H and O–H groups in total. The molecule has 1 amide bonds. The van der Waals surface area contributed by atoms with E-state index in [9.17, 15) is 9.59 Å². The average Bonchev–Trinajstić information content (AvgIpc) is 3.52. The van der Waals surface area contributed by atoms with Crippen LogP contribution >= 0.6 is 11.3 Å². The van der Waals surface area contributed by atoms with Crippen molar-refractivity contribution >= 4 is 28.4 Å². The van der Waals surface area contributed by atoms with Gasteiger partial charge in [-0.15, -0.1) is 11.3 Å². The van der Waals surface area contributed by atoms with E-state index in [2.05, 4.69) is 44.7 Å². The number of fused-ring (bicyclic) bond motifs is 1. The van der Waals surface area contributed by atoms with Crippen molar-refractivity contribution in [3.8, 4) is 11.1 Å². The van der Waals surface area contributed by atoms with Gasteiger partial charge >= 0.3 is 11.3 Å². The number of hydrogen-bond donors (Lipinski definition) is 2. The van der Waals surface area contributed by atoms with E-state index < -0.39 is 0 Å². The van der Waals surface area contributed by atoms with Gasteiger partial charge in [0.15, 0.2) is 0 Å². The lowest BCUT2D eigenvalue weighted by Crippen LogP contribution is -2.32. The van der Waals surface area contributed by atoms with E-state index in [4.69, 9.17) is 0 Å². The normalized spacial score (nSPS) is 18.9. The predicted molar refractivity (Wildman–Crippen MR) is 126 cm³/mol. The SMILES string of the molecule is CN1CC[C@@H](CNC(=O)c2cccc(-c3c[nH+]c4[nH]c(=O)n(C)c4c3)c2)[C@H]1c1cccs1. The number of nitrogens with zero attached hydrogens (tertiary/aromatic N) is 2. The number of aromatic amines is 2. The Balaban J connectivity index is 1.33. The summed E-state index contributed by atoms with van der Waals surface area (Å²) in [6, 6.07) is 14.2. The number of aryl methyl sites for hydroxylation is 1. The van der Waals surface area contributed by atoms with Crippen molar-refractivity contribution < 1.29 is 9.78 Å². The van der Waals surface area contributed by atoms with Gasteiger partial charge in [0.25, 0.3) is 5.91 Å². The number of thiophene rings is 1. The fourth-order valence-corrected chi connectivity index (χ4v) is 5.61. The van der Waals surface area contributed by atoms with E-state index in [1.807, 2.05) is 36.5 Å². The zero-order valence-electron chi connectivity index (χ0n) is 18.1. The van der Waals surface area contributed by atoms with Gasteiger partial charge in [0.05, 0.1) is 6.20 Å². The Morgan fingerprint density at radius 2 is 2.09 bits per heavy atom. The lowest BCUT2D eigenvalue weighted by Gasteiger charge is -2.24. The number of likely N-dealkylation sites (tertiary alicyclic amines) is 1. The second-order valence-electron chi connectivity index (χ2n) is 8.42. The summed E-state index contributed by atoms with van der Waals surface area (Å²) < 4.78 is 1.56. The highest BCUT2D eigenvalue weighted by atomic mass is 32.1. The molecule has 0 spiro atoms. The highest BCUT2D eigenvalue weighted by Crippen LogP contribution is 2.37. The number of pyridine rings is 1. The fraction of sp³-hybridized carbons (Fsp3) is 0.292. The zero-order chi connectivity index (χ0) is 22.2. The Labute approximate surface area is 189 Å². The molecular weight excluding hydrogens is 422 g/mol. The number of benzene rings is 1. The van der Waals surface area contributed by atoms with E-state index >= 15 is 0 Å². The van der Waals surface area contributed by atoms with Crippen LogP contribution in [0.3, 0.4) is 0 Å². The number of rotatable bonds is 5. The summed E-state index contributed by atoms with van der Waals surface area (Å²) in [6.45, 7) is 1.69. The zero-order valence-corrected chi connectivity index (χ0v) is 18.9. The molecule has 0 unspecified atom stereocenters. The lowest BCUT2D eigenvalue weighted by atomic mass is 9.98. The van der Waals surface area contributed by atoms with Gasteiger partial charge in [0.1, 0.15) is 5.52 Å². The van der Waals surface area contributed by atoms with Crippen LogP contribution in [0.15, 0.2) is 58.8 Å². The summed E-state index contributed by atoms with van der Waals surface area (Å²) in [7, 11) is 3.89. The first-order valence-corrected chi connectivity index (χ1v) is 11.6. The highest BCUT2D eigenvalue weighted by Gasteiger charge is 2.33. The first-order valence-electron chi connectivity index (χ1n) is 10.7. The molecule has 0 radical (unpaired) electrons. The summed E-state index contributed by atoms with van der Waals surface area (Å²) in [4.78, 5) is 34.5. The number of nitrogens with one attached hydrogen (secondary N) is 3. The molecule has 1 saturated heterocycles. The topological polar surface area (TPSA) is 84.3 Å².